The molecule has 2 saturated carbocycles. The Morgan fingerprint density at radius 1 is 1.10 bits per heavy atom. The number of halogens is 3. The van der Waals surface area contributed by atoms with Gasteiger partial charge in [0.1, 0.15) is 5.60 Å². The van der Waals surface area contributed by atoms with Crippen molar-refractivity contribution in [3.05, 3.63) is 88.0 Å². The fourth-order valence-electron chi connectivity index (χ4n) is 7.47. The molecule has 0 saturated heterocycles. The molecule has 3 aliphatic carbocycles. The fourth-order valence-corrected chi connectivity index (χ4v) is 7.47. The molecule has 4 aliphatic rings. The lowest BCUT2D eigenvalue weighted by atomic mass is 9.55. The number of hydrogen-bond donors (Lipinski definition) is 1. The van der Waals surface area contributed by atoms with Gasteiger partial charge in [-0.3, -0.25) is 4.79 Å². The van der Waals surface area contributed by atoms with E-state index in [-0.39, 0.29) is 29.3 Å². The molecule has 0 aromatic heterocycles. The van der Waals surface area contributed by atoms with Crippen LogP contribution in [0.15, 0.2) is 71.3 Å². The fraction of sp³-hybridized carbons (Fsp3) is 0.441. The van der Waals surface area contributed by atoms with Crippen molar-refractivity contribution < 1.29 is 27.8 Å². The summed E-state index contributed by atoms with van der Waals surface area (Å²) in [5, 5.41) is 12.1. The van der Waals surface area contributed by atoms with E-state index in [0.717, 1.165) is 29.0 Å². The summed E-state index contributed by atoms with van der Waals surface area (Å²) in [4.78, 5) is 14.3. The van der Waals surface area contributed by atoms with E-state index in [2.05, 4.69) is 43.0 Å². The van der Waals surface area contributed by atoms with Crippen LogP contribution in [0.5, 0.6) is 0 Å². The molecule has 2 fully saturated rings. The second kappa shape index (κ2) is 9.89. The highest BCUT2D eigenvalue weighted by molar-refractivity contribution is 5.93. The van der Waals surface area contributed by atoms with Gasteiger partial charge in [0.2, 0.25) is 0 Å². The van der Waals surface area contributed by atoms with Crippen LogP contribution >= 0.6 is 0 Å². The van der Waals surface area contributed by atoms with Gasteiger partial charge in [-0.1, -0.05) is 37.0 Å². The standard InChI is InChI=1S/C34H34F3NO3/c1-32-19-28(22-7-9-25(10-8-22)38(2)3)30-27-12-11-26(39)18-23(27)20-41-31(30)29(32)14-16-33(32,40)15-13-21-5-4-6-24(17-21)34(35,36)37/h4-10,17-18,28-29,31,40H,11-12,14,16,19-20H2,1-3H3. The Labute approximate surface area is 238 Å². The van der Waals surface area contributed by atoms with Crippen LogP contribution in [0.3, 0.4) is 0 Å². The van der Waals surface area contributed by atoms with Crippen molar-refractivity contribution >= 4 is 11.5 Å². The van der Waals surface area contributed by atoms with Crippen LogP contribution in [0.25, 0.3) is 0 Å². The summed E-state index contributed by atoms with van der Waals surface area (Å²) in [5.41, 5.74) is 3.00. The van der Waals surface area contributed by atoms with Gasteiger partial charge >= 0.3 is 6.18 Å². The van der Waals surface area contributed by atoms with Crippen molar-refractivity contribution in [2.75, 3.05) is 25.6 Å². The minimum Gasteiger partial charge on any atom is -0.378 e. The average molecular weight is 562 g/mol. The zero-order chi connectivity index (χ0) is 29.2. The van der Waals surface area contributed by atoms with Crippen molar-refractivity contribution in [2.45, 2.75) is 62.8 Å². The summed E-state index contributed by atoms with van der Waals surface area (Å²) in [7, 11) is 3.99. The van der Waals surface area contributed by atoms with Gasteiger partial charge in [-0.25, -0.2) is 0 Å². The summed E-state index contributed by atoms with van der Waals surface area (Å²) in [6, 6.07) is 13.4. The number of carbonyl (C=O) groups is 1. The number of ketones is 1. The highest BCUT2D eigenvalue weighted by Gasteiger charge is 2.63. The molecule has 6 rings (SSSR count). The lowest BCUT2D eigenvalue weighted by Crippen LogP contribution is -2.53. The van der Waals surface area contributed by atoms with Gasteiger partial charge in [-0.2, -0.15) is 13.2 Å². The minimum absolute atomic E-state index is 0.0118. The van der Waals surface area contributed by atoms with Crippen LogP contribution in [-0.2, 0) is 15.7 Å². The molecule has 1 aliphatic heterocycles. The first-order valence-electron chi connectivity index (χ1n) is 14.2. The van der Waals surface area contributed by atoms with E-state index in [4.69, 9.17) is 4.74 Å². The number of rotatable bonds is 2. The number of benzene rings is 2. The molecule has 2 aromatic rings. The summed E-state index contributed by atoms with van der Waals surface area (Å²) >= 11 is 0. The quantitative estimate of drug-likeness (QED) is 0.429. The van der Waals surface area contributed by atoms with Crippen molar-refractivity contribution in [1.29, 1.82) is 0 Å². The van der Waals surface area contributed by atoms with E-state index in [0.29, 0.717) is 38.7 Å². The number of carbonyl (C=O) groups excluding carboxylic acids is 1. The molecule has 1 N–H and O–H groups in total. The molecule has 5 atom stereocenters. The maximum absolute atomic E-state index is 13.3. The smallest absolute Gasteiger partial charge is 0.378 e. The number of fused-ring (bicyclic) bond motifs is 4. The number of ether oxygens (including phenoxy) is 1. The van der Waals surface area contributed by atoms with Crippen LogP contribution in [-0.4, -0.2) is 43.3 Å². The Balaban J connectivity index is 1.43. The van der Waals surface area contributed by atoms with Crippen LogP contribution < -0.4 is 4.90 Å². The lowest BCUT2D eigenvalue weighted by Gasteiger charge is -2.53. The molecule has 1 heterocycles. The van der Waals surface area contributed by atoms with E-state index in [1.54, 1.807) is 12.1 Å². The molecule has 214 valence electrons. The molecule has 5 unspecified atom stereocenters. The molecular formula is C34H34F3NO3. The molecule has 2 aromatic carbocycles. The first kappa shape index (κ1) is 27.8. The highest BCUT2D eigenvalue weighted by atomic mass is 19.4. The average Bonchev–Trinajstić information content (AvgIpc) is 3.21. The van der Waals surface area contributed by atoms with E-state index in [9.17, 15) is 23.1 Å². The predicted molar refractivity (Wildman–Crippen MR) is 151 cm³/mol. The van der Waals surface area contributed by atoms with E-state index in [1.807, 2.05) is 19.0 Å². The number of hydrogen-bond acceptors (Lipinski definition) is 4. The van der Waals surface area contributed by atoms with Gasteiger partial charge in [0.05, 0.1) is 18.3 Å². The van der Waals surface area contributed by atoms with Crippen molar-refractivity contribution in [1.82, 2.24) is 0 Å². The Morgan fingerprint density at radius 3 is 2.56 bits per heavy atom. The number of allylic oxidation sites excluding steroid dienone is 1. The highest BCUT2D eigenvalue weighted by Crippen LogP contribution is 2.64. The third-order valence-corrected chi connectivity index (χ3v) is 9.78. The normalized spacial score (nSPS) is 31.0. The number of anilines is 1. The van der Waals surface area contributed by atoms with Gasteiger partial charge in [-0.05, 0) is 90.3 Å². The van der Waals surface area contributed by atoms with Crippen LogP contribution in [0.1, 0.15) is 61.6 Å². The van der Waals surface area contributed by atoms with Crippen LogP contribution in [0.4, 0.5) is 18.9 Å². The molecule has 0 spiro atoms. The first-order chi connectivity index (χ1) is 19.4. The molecule has 41 heavy (non-hydrogen) atoms. The Kier molecular flexibility index (Phi) is 6.71. The second-order valence-corrected chi connectivity index (χ2v) is 12.3. The molecular weight excluding hydrogens is 527 g/mol. The maximum atomic E-state index is 13.3. The lowest BCUT2D eigenvalue weighted by molar-refractivity contribution is -0.137. The van der Waals surface area contributed by atoms with E-state index < -0.39 is 22.8 Å². The number of alkyl halides is 3. The molecule has 0 bridgehead atoms. The summed E-state index contributed by atoms with van der Waals surface area (Å²) in [5.74, 6) is 6.00. The van der Waals surface area contributed by atoms with E-state index >= 15 is 0 Å². The molecule has 4 nitrogen and oxygen atoms in total. The molecule has 7 heteroatoms. The zero-order valence-corrected chi connectivity index (χ0v) is 23.5. The predicted octanol–water partition coefficient (Wildman–Crippen LogP) is 6.44. The number of aliphatic hydroxyl groups is 1. The second-order valence-electron chi connectivity index (χ2n) is 12.3. The SMILES string of the molecule is CN(C)c1ccc(C2CC3(C)C(CCC3(O)C#Cc3cccc(C(F)(F)F)c3)C3OCC4=CC(=O)CCC4=C23)cc1. The Hall–Kier alpha value is -3.34. The monoisotopic (exact) mass is 561 g/mol. The van der Waals surface area contributed by atoms with Gasteiger partial charge in [-0.15, -0.1) is 0 Å². The molecule has 0 amide bonds. The van der Waals surface area contributed by atoms with Crippen molar-refractivity contribution in [2.24, 2.45) is 11.3 Å². The van der Waals surface area contributed by atoms with Crippen LogP contribution in [0, 0.1) is 23.2 Å². The van der Waals surface area contributed by atoms with E-state index in [1.165, 1.54) is 17.2 Å². The summed E-state index contributed by atoms with van der Waals surface area (Å²) in [6.07, 6.45) is -0.0641. The number of nitrogens with zero attached hydrogens (tertiary/aromatic N) is 1. The van der Waals surface area contributed by atoms with Gasteiger partial charge in [0, 0.05) is 43.1 Å². The van der Waals surface area contributed by atoms with Crippen molar-refractivity contribution in [3.8, 4) is 11.8 Å². The third-order valence-electron chi connectivity index (χ3n) is 9.78. The molecule has 0 radical (unpaired) electrons. The van der Waals surface area contributed by atoms with Gasteiger partial charge in [0.15, 0.2) is 5.78 Å². The Morgan fingerprint density at radius 2 is 1.85 bits per heavy atom. The minimum atomic E-state index is -4.46. The van der Waals surface area contributed by atoms with Crippen LogP contribution in [0.2, 0.25) is 0 Å². The largest absolute Gasteiger partial charge is 0.416 e. The first-order valence-corrected chi connectivity index (χ1v) is 14.2. The Bertz CT molecular complexity index is 1510. The van der Waals surface area contributed by atoms with Gasteiger partial charge in [0.25, 0.3) is 0 Å². The maximum Gasteiger partial charge on any atom is 0.416 e. The summed E-state index contributed by atoms with van der Waals surface area (Å²) < 4.78 is 46.4. The summed E-state index contributed by atoms with van der Waals surface area (Å²) in [6.45, 7) is 2.43. The van der Waals surface area contributed by atoms with Crippen molar-refractivity contribution in [3.63, 3.8) is 0 Å². The topological polar surface area (TPSA) is 49.8 Å². The zero-order valence-electron chi connectivity index (χ0n) is 23.5. The van der Waals surface area contributed by atoms with Gasteiger partial charge < -0.3 is 14.7 Å². The third kappa shape index (κ3) is 4.71.